The van der Waals surface area contributed by atoms with Gasteiger partial charge in [0.05, 0.1) is 4.90 Å². The van der Waals surface area contributed by atoms with Gasteiger partial charge in [-0.1, -0.05) is 86.1 Å². The monoisotopic (exact) mass is 556 g/mol. The number of likely N-dealkylation sites (N-methyl/N-ethyl adjacent to an activating group) is 1. The largest absolute Gasteiger partial charge is 0.451 e. The molecule has 0 saturated carbocycles. The van der Waals surface area contributed by atoms with E-state index < -0.39 is 22.7 Å². The number of allylic oxidation sites excluding steroid dienone is 1. The normalized spacial score (nSPS) is 16.9. The van der Waals surface area contributed by atoms with E-state index in [4.69, 9.17) is 8.67 Å². The lowest BCUT2D eigenvalue weighted by atomic mass is 9.84. The van der Waals surface area contributed by atoms with Crippen molar-refractivity contribution in [3.63, 3.8) is 0 Å². The highest BCUT2D eigenvalue weighted by Crippen LogP contribution is 2.58. The number of hydrogen-bond acceptors (Lipinski definition) is 4. The lowest BCUT2D eigenvalue weighted by Crippen LogP contribution is -2.24. The summed E-state index contributed by atoms with van der Waals surface area (Å²) in [7, 11) is -5.44. The van der Waals surface area contributed by atoms with Crippen molar-refractivity contribution in [3.8, 4) is 5.75 Å². The Morgan fingerprint density at radius 2 is 1.44 bits per heavy atom. The second-order valence-corrected chi connectivity index (χ2v) is 14.7. The summed E-state index contributed by atoms with van der Waals surface area (Å²) in [6.45, 7) is 8.19. The van der Waals surface area contributed by atoms with Gasteiger partial charge in [0.25, 0.3) is 10.0 Å². The Balaban J connectivity index is 1.85. The molecule has 0 aliphatic carbocycles. The molecule has 1 unspecified atom stereocenters. The molecule has 1 atom stereocenters. The van der Waals surface area contributed by atoms with Crippen LogP contribution >= 0.6 is 7.28 Å². The lowest BCUT2D eigenvalue weighted by molar-refractivity contribution is 0.592. The molecule has 5 nitrogen and oxygen atoms in total. The molecule has 0 N–H and O–H groups in total. The van der Waals surface area contributed by atoms with Gasteiger partial charge in [-0.3, -0.25) is 0 Å². The maximum atomic E-state index is 14.0. The third kappa shape index (κ3) is 5.07. The summed E-state index contributed by atoms with van der Waals surface area (Å²) in [5.41, 5.74) is 4.67. The van der Waals surface area contributed by atoms with E-state index >= 15 is 0 Å². The minimum absolute atomic E-state index is 0.141. The zero-order valence-corrected chi connectivity index (χ0v) is 24.6. The fraction of sp³-hybridized carbons (Fsp3) is 0.188. The van der Waals surface area contributed by atoms with Crippen molar-refractivity contribution >= 4 is 28.3 Å². The van der Waals surface area contributed by atoms with Crippen LogP contribution in [0.15, 0.2) is 124 Å². The zero-order valence-electron chi connectivity index (χ0n) is 22.9. The van der Waals surface area contributed by atoms with E-state index in [0.717, 1.165) is 27.8 Å². The van der Waals surface area contributed by atoms with E-state index in [-0.39, 0.29) is 4.90 Å². The van der Waals surface area contributed by atoms with Crippen LogP contribution in [0.3, 0.4) is 0 Å². The van der Waals surface area contributed by atoms with E-state index in [1.807, 2.05) is 93.4 Å². The van der Waals surface area contributed by atoms with Crippen LogP contribution in [-0.4, -0.2) is 15.5 Å². The standard InChI is InChI=1S/C32H33N2O3PS/c1-24-19-21-27(22-20-24)39(35,36)33-38(26-14-7-6-8-15-26,37-30-18-12-9-13-25(30)2)23-31-32(3,4)28-16-10-11-17-29(28)34(31)5/h6-23H,1-5H3/b31-23+. The Bertz CT molecular complexity index is 1710. The summed E-state index contributed by atoms with van der Waals surface area (Å²) in [5, 5.41) is 0.719. The average Bonchev–Trinajstić information content (AvgIpc) is 3.11. The fourth-order valence-corrected chi connectivity index (χ4v) is 10.1. The Kier molecular flexibility index (Phi) is 7.04. The number of anilines is 1. The molecule has 4 aromatic carbocycles. The van der Waals surface area contributed by atoms with Crippen molar-refractivity contribution < 1.29 is 12.9 Å². The van der Waals surface area contributed by atoms with Crippen molar-refractivity contribution in [3.05, 3.63) is 131 Å². The molecule has 200 valence electrons. The van der Waals surface area contributed by atoms with Gasteiger partial charge >= 0.3 is 0 Å². The summed E-state index contributed by atoms with van der Waals surface area (Å²) in [6.07, 6.45) is 0. The Morgan fingerprint density at radius 3 is 2.10 bits per heavy atom. The molecular weight excluding hydrogens is 523 g/mol. The highest BCUT2D eigenvalue weighted by atomic mass is 32.2. The number of fused-ring (bicyclic) bond motifs is 1. The van der Waals surface area contributed by atoms with Crippen LogP contribution in [-0.2, 0) is 15.4 Å². The van der Waals surface area contributed by atoms with Gasteiger partial charge in [-0.05, 0) is 61.4 Å². The second kappa shape index (κ2) is 10.2. The molecule has 0 radical (unpaired) electrons. The van der Waals surface area contributed by atoms with E-state index in [1.54, 1.807) is 24.3 Å². The maximum Gasteiger partial charge on any atom is 0.284 e. The first-order valence-electron chi connectivity index (χ1n) is 12.9. The molecule has 0 spiro atoms. The van der Waals surface area contributed by atoms with E-state index in [0.29, 0.717) is 5.75 Å². The molecule has 1 heterocycles. The molecule has 39 heavy (non-hydrogen) atoms. The van der Waals surface area contributed by atoms with Crippen LogP contribution in [0.25, 0.3) is 0 Å². The van der Waals surface area contributed by atoms with Crippen LogP contribution in [0, 0.1) is 13.8 Å². The smallest absolute Gasteiger partial charge is 0.284 e. The molecule has 1 aliphatic rings. The molecule has 0 fully saturated rings. The van der Waals surface area contributed by atoms with Crippen LogP contribution in [0.4, 0.5) is 5.69 Å². The van der Waals surface area contributed by atoms with E-state index in [1.165, 1.54) is 5.56 Å². The highest BCUT2D eigenvalue weighted by molar-refractivity contribution is 7.95. The minimum Gasteiger partial charge on any atom is -0.451 e. The summed E-state index contributed by atoms with van der Waals surface area (Å²) >= 11 is 0. The molecule has 5 rings (SSSR count). The first kappa shape index (κ1) is 27.0. The van der Waals surface area contributed by atoms with E-state index in [9.17, 15) is 8.42 Å². The topological polar surface area (TPSA) is 59.0 Å². The molecule has 0 amide bonds. The second-order valence-electron chi connectivity index (χ2n) is 10.4. The van der Waals surface area contributed by atoms with Crippen LogP contribution in [0.1, 0.15) is 30.5 Å². The van der Waals surface area contributed by atoms with Crippen LogP contribution < -0.4 is 14.7 Å². The molecule has 1 aliphatic heterocycles. The molecule has 0 saturated heterocycles. The van der Waals surface area contributed by atoms with Gasteiger partial charge in [-0.25, -0.2) is 0 Å². The first-order valence-corrected chi connectivity index (χ1v) is 16.0. The van der Waals surface area contributed by atoms with Gasteiger partial charge in [-0.15, -0.1) is 4.15 Å². The minimum atomic E-state index is -4.09. The number of rotatable bonds is 6. The summed E-state index contributed by atoms with van der Waals surface area (Å²) in [6, 6.07) is 32.2. The van der Waals surface area contributed by atoms with Gasteiger partial charge in [0.2, 0.25) is 7.28 Å². The van der Waals surface area contributed by atoms with Gasteiger partial charge in [-0.2, -0.15) is 8.42 Å². The number of aryl methyl sites for hydroxylation is 2. The van der Waals surface area contributed by atoms with E-state index in [2.05, 4.69) is 30.9 Å². The number of para-hydroxylation sites is 2. The molecule has 7 heteroatoms. The fourth-order valence-electron chi connectivity index (χ4n) is 5.00. The zero-order chi connectivity index (χ0) is 27.8. The van der Waals surface area contributed by atoms with Crippen molar-refractivity contribution in [2.24, 2.45) is 4.15 Å². The third-order valence-corrected chi connectivity index (χ3v) is 12.0. The molecule has 4 aromatic rings. The maximum absolute atomic E-state index is 14.0. The van der Waals surface area contributed by atoms with Crippen LogP contribution in [0.5, 0.6) is 5.75 Å². The Labute approximate surface area is 232 Å². The van der Waals surface area contributed by atoms with Gasteiger partial charge in [0.1, 0.15) is 5.75 Å². The third-order valence-electron chi connectivity index (χ3n) is 7.24. The quantitative estimate of drug-likeness (QED) is 0.228. The predicted octanol–water partition coefficient (Wildman–Crippen LogP) is 7.78. The Morgan fingerprint density at radius 1 is 0.821 bits per heavy atom. The summed E-state index contributed by atoms with van der Waals surface area (Å²) in [5.74, 6) is 2.59. The van der Waals surface area contributed by atoms with Crippen molar-refractivity contribution in [1.82, 2.24) is 0 Å². The number of sulfonamides is 1. The van der Waals surface area contributed by atoms with Gasteiger partial charge in [0.15, 0.2) is 0 Å². The van der Waals surface area contributed by atoms with Gasteiger partial charge < -0.3 is 9.42 Å². The Hall–Kier alpha value is -3.60. The average molecular weight is 557 g/mol. The SMILES string of the molecule is Cc1ccc(S(=O)(=O)N=P(/C=C2/N(C)c3ccccc3C2(C)C)(Oc2ccccc2C)c2ccccc2)cc1. The molecule has 0 aromatic heterocycles. The lowest BCUT2D eigenvalue weighted by Gasteiger charge is -2.29. The summed E-state index contributed by atoms with van der Waals surface area (Å²) < 4.78 is 39.6. The number of hydrogen-bond donors (Lipinski definition) is 0. The van der Waals surface area contributed by atoms with Crippen molar-refractivity contribution in [2.45, 2.75) is 38.0 Å². The number of benzene rings is 4. The number of nitrogens with zero attached hydrogens (tertiary/aromatic N) is 2. The predicted molar refractivity (Wildman–Crippen MR) is 162 cm³/mol. The van der Waals surface area contributed by atoms with Crippen molar-refractivity contribution in [1.29, 1.82) is 0 Å². The summed E-state index contributed by atoms with van der Waals surface area (Å²) in [4.78, 5) is 2.27. The highest BCUT2D eigenvalue weighted by Gasteiger charge is 2.41. The first-order chi connectivity index (χ1) is 18.5. The van der Waals surface area contributed by atoms with Gasteiger partial charge in [0, 0.05) is 35.0 Å². The van der Waals surface area contributed by atoms with Crippen molar-refractivity contribution in [2.75, 3.05) is 11.9 Å². The molecular formula is C32H33N2O3PS. The molecule has 0 bridgehead atoms. The van der Waals surface area contributed by atoms with Crippen LogP contribution in [0.2, 0.25) is 0 Å².